The Morgan fingerprint density at radius 2 is 2.08 bits per heavy atom. The van der Waals surface area contributed by atoms with Crippen LogP contribution in [0.3, 0.4) is 0 Å². The van der Waals surface area contributed by atoms with Gasteiger partial charge in [0, 0.05) is 61.0 Å². The molecular weight excluding hydrogens is 467 g/mol. The topological polar surface area (TPSA) is 93.9 Å². The van der Waals surface area contributed by atoms with Crippen molar-refractivity contribution in [1.82, 2.24) is 14.9 Å². The van der Waals surface area contributed by atoms with Crippen molar-refractivity contribution in [2.75, 3.05) is 30.3 Å². The molecule has 0 spiro atoms. The number of hydrogen-bond donors (Lipinski definition) is 2. The summed E-state index contributed by atoms with van der Waals surface area (Å²) in [6, 6.07) is 13.4. The Bertz CT molecular complexity index is 1410. The molecule has 5 rings (SSSR count). The van der Waals surface area contributed by atoms with Gasteiger partial charge in [-0.2, -0.15) is 5.26 Å². The number of carbonyl (C=O) groups is 1. The number of amides is 1. The van der Waals surface area contributed by atoms with Crippen LogP contribution in [0.25, 0.3) is 16.7 Å². The van der Waals surface area contributed by atoms with Crippen molar-refractivity contribution in [3.8, 4) is 17.2 Å². The quantitative estimate of drug-likeness (QED) is 0.489. The number of anilines is 2. The zero-order valence-electron chi connectivity index (χ0n) is 21.0. The fourth-order valence-electron chi connectivity index (χ4n) is 5.02. The Hall–Kier alpha value is -4.09. The van der Waals surface area contributed by atoms with Crippen LogP contribution in [0.5, 0.6) is 0 Å². The minimum Gasteiger partial charge on any atom is -0.381 e. The first-order valence-electron chi connectivity index (χ1n) is 12.5. The van der Waals surface area contributed by atoms with E-state index in [9.17, 15) is 9.18 Å². The summed E-state index contributed by atoms with van der Waals surface area (Å²) in [6.07, 6.45) is 6.41. The van der Waals surface area contributed by atoms with Crippen LogP contribution in [0.2, 0.25) is 0 Å². The van der Waals surface area contributed by atoms with Gasteiger partial charge in [0.05, 0.1) is 11.9 Å². The lowest BCUT2D eigenvalue weighted by Gasteiger charge is -2.25. The Morgan fingerprint density at radius 1 is 1.22 bits per heavy atom. The molecule has 0 bridgehead atoms. The van der Waals surface area contributed by atoms with Gasteiger partial charge in [-0.3, -0.25) is 14.7 Å². The summed E-state index contributed by atoms with van der Waals surface area (Å²) < 4.78 is 14.3. The molecule has 1 amide bonds. The van der Waals surface area contributed by atoms with Crippen molar-refractivity contribution < 1.29 is 9.18 Å². The zero-order chi connectivity index (χ0) is 26.0. The number of fused-ring (bicyclic) bond motifs is 1. The maximum absolute atomic E-state index is 14.3. The summed E-state index contributed by atoms with van der Waals surface area (Å²) in [4.78, 5) is 24.1. The van der Waals surface area contributed by atoms with Gasteiger partial charge >= 0.3 is 0 Å². The average molecular weight is 497 g/mol. The summed E-state index contributed by atoms with van der Waals surface area (Å²) in [5, 5.41) is 15.4. The molecule has 0 aliphatic carbocycles. The number of rotatable bonds is 6. The van der Waals surface area contributed by atoms with E-state index in [1.807, 2.05) is 43.6 Å². The average Bonchev–Trinajstić information content (AvgIpc) is 3.25. The Kier molecular flexibility index (Phi) is 6.72. The van der Waals surface area contributed by atoms with Crippen molar-refractivity contribution >= 4 is 22.9 Å². The fourth-order valence-corrected chi connectivity index (χ4v) is 5.02. The molecule has 1 unspecified atom stereocenters. The van der Waals surface area contributed by atoms with E-state index < -0.39 is 5.67 Å². The maximum atomic E-state index is 14.3. The Morgan fingerprint density at radius 3 is 2.78 bits per heavy atom. The molecule has 0 saturated carbocycles. The highest BCUT2D eigenvalue weighted by atomic mass is 19.1. The highest BCUT2D eigenvalue weighted by molar-refractivity contribution is 6.28. The highest BCUT2D eigenvalue weighted by Gasteiger charge is 2.33. The molecule has 3 aromatic rings. The monoisotopic (exact) mass is 496 g/mol. The number of nitriles is 1. The van der Waals surface area contributed by atoms with E-state index in [4.69, 9.17) is 5.26 Å². The second kappa shape index (κ2) is 10.1. The van der Waals surface area contributed by atoms with Crippen molar-refractivity contribution in [2.24, 2.45) is 0 Å². The van der Waals surface area contributed by atoms with Gasteiger partial charge in [-0.15, -0.1) is 0 Å². The second-order valence-corrected chi connectivity index (χ2v) is 9.90. The zero-order valence-corrected chi connectivity index (χ0v) is 21.0. The van der Waals surface area contributed by atoms with Gasteiger partial charge in [0.25, 0.3) is 5.91 Å². The molecule has 1 saturated heterocycles. The van der Waals surface area contributed by atoms with Crippen molar-refractivity contribution in [3.05, 3.63) is 77.4 Å². The molecule has 2 aromatic heterocycles. The second-order valence-electron chi connectivity index (χ2n) is 9.90. The van der Waals surface area contributed by atoms with E-state index in [1.165, 1.54) is 6.20 Å². The van der Waals surface area contributed by atoms with E-state index >= 15 is 0 Å². The molecule has 37 heavy (non-hydrogen) atoms. The third kappa shape index (κ3) is 5.37. The predicted molar refractivity (Wildman–Crippen MR) is 142 cm³/mol. The molecule has 1 atom stereocenters. The van der Waals surface area contributed by atoms with Gasteiger partial charge < -0.3 is 10.6 Å². The van der Waals surface area contributed by atoms with E-state index in [2.05, 4.69) is 31.6 Å². The number of aromatic nitrogens is 2. The molecule has 188 valence electrons. The lowest BCUT2D eigenvalue weighted by atomic mass is 9.90. The van der Waals surface area contributed by atoms with E-state index in [1.54, 1.807) is 19.1 Å². The van der Waals surface area contributed by atoms with E-state index in [0.29, 0.717) is 43.0 Å². The predicted octanol–water partition coefficient (Wildman–Crippen LogP) is 5.18. The van der Waals surface area contributed by atoms with Crippen LogP contribution in [-0.2, 0) is 11.3 Å². The number of nitrogens with zero attached hydrogens (tertiary/aromatic N) is 4. The van der Waals surface area contributed by atoms with Crippen LogP contribution in [0.15, 0.2) is 60.6 Å². The molecule has 2 aliphatic rings. The minimum absolute atomic E-state index is 0.210. The molecule has 0 radical (unpaired) electrons. The van der Waals surface area contributed by atoms with Crippen LogP contribution in [0.1, 0.15) is 43.5 Å². The first-order chi connectivity index (χ1) is 17.8. The largest absolute Gasteiger partial charge is 0.381 e. The van der Waals surface area contributed by atoms with Gasteiger partial charge in [0.2, 0.25) is 0 Å². The van der Waals surface area contributed by atoms with Gasteiger partial charge in [-0.25, -0.2) is 9.37 Å². The standard InChI is InChI=1S/C29H29FN6O/c1-3-20-15-34-26-7-4-21(22-10-19(13-32-14-22)17-36-9-8-29(2,30)18-36)11-25(26)27(20)28(37)35-24-6-5-23(12-31)33-16-24/h4-7,10-11,13-14,16,34H,3,8-9,15,17-18H2,1-2H3,(H,35,37). The van der Waals surface area contributed by atoms with Crippen LogP contribution < -0.4 is 10.6 Å². The number of pyridine rings is 2. The van der Waals surface area contributed by atoms with E-state index in [-0.39, 0.29) is 5.91 Å². The third-order valence-electron chi connectivity index (χ3n) is 6.96. The highest BCUT2D eigenvalue weighted by Crippen LogP contribution is 2.36. The Labute approximate surface area is 216 Å². The molecule has 7 nitrogen and oxygen atoms in total. The van der Waals surface area contributed by atoms with Gasteiger partial charge in [0.1, 0.15) is 17.4 Å². The molecule has 2 N–H and O–H groups in total. The lowest BCUT2D eigenvalue weighted by molar-refractivity contribution is -0.111. The summed E-state index contributed by atoms with van der Waals surface area (Å²) in [5.74, 6) is -0.210. The number of nitrogens with one attached hydrogen (secondary N) is 2. The number of benzene rings is 1. The van der Waals surface area contributed by atoms with Crippen molar-refractivity contribution in [2.45, 2.75) is 38.9 Å². The molecule has 1 aromatic carbocycles. The normalized spacial score (nSPS) is 19.2. The summed E-state index contributed by atoms with van der Waals surface area (Å²) in [7, 11) is 0. The molecular formula is C29H29FN6O. The summed E-state index contributed by atoms with van der Waals surface area (Å²) >= 11 is 0. The van der Waals surface area contributed by atoms with Gasteiger partial charge in [-0.1, -0.05) is 13.0 Å². The van der Waals surface area contributed by atoms with Crippen molar-refractivity contribution in [3.63, 3.8) is 0 Å². The van der Waals surface area contributed by atoms with E-state index in [0.717, 1.165) is 46.5 Å². The Balaban J connectivity index is 1.43. The number of carbonyl (C=O) groups excluding carboxylic acids is 1. The lowest BCUT2D eigenvalue weighted by Crippen LogP contribution is -2.25. The minimum atomic E-state index is -1.13. The van der Waals surface area contributed by atoms with Crippen LogP contribution >= 0.6 is 0 Å². The van der Waals surface area contributed by atoms with Gasteiger partial charge in [-0.05, 0) is 66.8 Å². The molecule has 8 heteroatoms. The third-order valence-corrected chi connectivity index (χ3v) is 6.96. The molecule has 1 fully saturated rings. The van der Waals surface area contributed by atoms with Crippen molar-refractivity contribution in [1.29, 1.82) is 5.26 Å². The first kappa shape index (κ1) is 24.6. The maximum Gasteiger partial charge on any atom is 0.256 e. The summed E-state index contributed by atoms with van der Waals surface area (Å²) in [6.45, 7) is 6.11. The SMILES string of the molecule is CCC1=C(C(=O)Nc2ccc(C#N)nc2)c2cc(-c3cncc(CN4CCC(C)(F)C4)c3)ccc2NC1. The smallest absolute Gasteiger partial charge is 0.256 e. The number of hydrogen-bond acceptors (Lipinski definition) is 6. The first-order valence-corrected chi connectivity index (χ1v) is 12.5. The van der Waals surface area contributed by atoms with Crippen LogP contribution in [0.4, 0.5) is 15.8 Å². The van der Waals surface area contributed by atoms with Gasteiger partial charge in [0.15, 0.2) is 0 Å². The summed E-state index contributed by atoms with van der Waals surface area (Å²) in [5.41, 5.74) is 6.01. The fraction of sp³-hybridized carbons (Fsp3) is 0.310. The number of halogens is 1. The van der Waals surface area contributed by atoms with Crippen LogP contribution in [0, 0.1) is 11.3 Å². The number of likely N-dealkylation sites (tertiary alicyclic amines) is 1. The molecule has 4 heterocycles. The van der Waals surface area contributed by atoms with Crippen LogP contribution in [-0.4, -0.2) is 46.1 Å². The molecule has 2 aliphatic heterocycles. The number of alkyl halides is 1.